The zero-order chi connectivity index (χ0) is 21.8. The van der Waals surface area contributed by atoms with Crippen molar-refractivity contribution >= 4 is 28.1 Å². The van der Waals surface area contributed by atoms with E-state index in [2.05, 4.69) is 26.7 Å². The van der Waals surface area contributed by atoms with Gasteiger partial charge in [-0.15, -0.1) is 0 Å². The first kappa shape index (κ1) is 20.2. The van der Waals surface area contributed by atoms with Crippen LogP contribution >= 0.6 is 0 Å². The Bertz CT molecular complexity index is 1260. The number of nitrogens with zero attached hydrogens (tertiary/aromatic N) is 3. The van der Waals surface area contributed by atoms with Crippen LogP contribution in [0.4, 0.5) is 30.4 Å². The van der Waals surface area contributed by atoms with Gasteiger partial charge in [-0.1, -0.05) is 12.1 Å². The smallest absolute Gasteiger partial charge is 0.381 e. The van der Waals surface area contributed by atoms with E-state index in [9.17, 15) is 13.2 Å². The Labute approximate surface area is 176 Å². The summed E-state index contributed by atoms with van der Waals surface area (Å²) in [6.07, 6.45) is -2.98. The number of alkyl halides is 3. The van der Waals surface area contributed by atoms with Crippen LogP contribution in [0, 0.1) is 11.3 Å². The predicted octanol–water partition coefficient (Wildman–Crippen LogP) is 5.88. The van der Waals surface area contributed by atoms with Crippen LogP contribution in [0.15, 0.2) is 73.1 Å². The topological polar surface area (TPSA) is 73.6 Å². The van der Waals surface area contributed by atoms with E-state index in [1.54, 1.807) is 6.07 Å². The molecule has 0 atom stereocenters. The van der Waals surface area contributed by atoms with Gasteiger partial charge in [-0.05, 0) is 60.2 Å². The molecule has 0 aliphatic rings. The summed E-state index contributed by atoms with van der Waals surface area (Å²) < 4.78 is 38.3. The number of anilines is 3. The summed E-state index contributed by atoms with van der Waals surface area (Å²) in [5, 5.41) is 16.1. The minimum absolute atomic E-state index is 0.486. The van der Waals surface area contributed by atoms with Crippen molar-refractivity contribution in [3.63, 3.8) is 0 Å². The van der Waals surface area contributed by atoms with Gasteiger partial charge in [0.05, 0.1) is 22.7 Å². The largest absolute Gasteiger partial charge is 0.416 e. The fraction of sp³-hybridized carbons (Fsp3) is 0.0870. The number of nitriles is 1. The molecule has 0 unspecified atom stereocenters. The summed E-state index contributed by atoms with van der Waals surface area (Å²) in [6, 6.07) is 19.8. The summed E-state index contributed by atoms with van der Waals surface area (Å²) in [6.45, 7) is 0.524. The van der Waals surface area contributed by atoms with Crippen LogP contribution in [0.3, 0.4) is 0 Å². The van der Waals surface area contributed by atoms with E-state index in [-0.39, 0.29) is 0 Å². The average molecular weight is 419 g/mol. The van der Waals surface area contributed by atoms with Crippen LogP contribution < -0.4 is 10.6 Å². The highest BCUT2D eigenvalue weighted by molar-refractivity contribution is 5.92. The molecule has 0 saturated heterocycles. The molecule has 4 aromatic rings. The molecule has 0 bridgehead atoms. The van der Waals surface area contributed by atoms with Crippen molar-refractivity contribution < 1.29 is 13.2 Å². The first-order chi connectivity index (χ1) is 14.9. The second-order valence-electron chi connectivity index (χ2n) is 6.82. The third-order valence-electron chi connectivity index (χ3n) is 4.66. The van der Waals surface area contributed by atoms with Gasteiger partial charge in [-0.25, -0.2) is 9.97 Å². The van der Waals surface area contributed by atoms with Gasteiger partial charge in [0.1, 0.15) is 12.1 Å². The molecule has 31 heavy (non-hydrogen) atoms. The number of hydrogen-bond donors (Lipinski definition) is 2. The van der Waals surface area contributed by atoms with E-state index in [1.165, 1.54) is 18.5 Å². The third kappa shape index (κ3) is 4.73. The molecule has 154 valence electrons. The van der Waals surface area contributed by atoms with E-state index in [0.29, 0.717) is 29.1 Å². The summed E-state index contributed by atoms with van der Waals surface area (Å²) in [5.74, 6) is 0.486. The highest BCUT2D eigenvalue weighted by Crippen LogP contribution is 2.31. The molecular formula is C23H16F3N5. The van der Waals surface area contributed by atoms with Gasteiger partial charge >= 0.3 is 6.18 Å². The maximum atomic E-state index is 12.8. The molecule has 0 aliphatic heterocycles. The van der Waals surface area contributed by atoms with Crippen molar-refractivity contribution in [2.24, 2.45) is 0 Å². The van der Waals surface area contributed by atoms with E-state index in [1.807, 2.05) is 36.4 Å². The fourth-order valence-corrected chi connectivity index (χ4v) is 3.10. The van der Waals surface area contributed by atoms with Gasteiger partial charge in [0.15, 0.2) is 0 Å². The molecule has 0 saturated carbocycles. The number of fused-ring (bicyclic) bond motifs is 1. The molecule has 3 aromatic carbocycles. The van der Waals surface area contributed by atoms with Gasteiger partial charge in [-0.2, -0.15) is 18.4 Å². The lowest BCUT2D eigenvalue weighted by Gasteiger charge is -2.12. The molecule has 1 heterocycles. The van der Waals surface area contributed by atoms with Crippen LogP contribution in [-0.4, -0.2) is 9.97 Å². The molecule has 1 aromatic heterocycles. The van der Waals surface area contributed by atoms with E-state index in [4.69, 9.17) is 5.26 Å². The number of aromatic nitrogens is 2. The summed E-state index contributed by atoms with van der Waals surface area (Å²) >= 11 is 0. The molecule has 0 spiro atoms. The van der Waals surface area contributed by atoms with Crippen LogP contribution in [0.25, 0.3) is 10.9 Å². The predicted molar refractivity (Wildman–Crippen MR) is 113 cm³/mol. The quantitative estimate of drug-likeness (QED) is 0.423. The van der Waals surface area contributed by atoms with Gasteiger partial charge < -0.3 is 10.6 Å². The lowest BCUT2D eigenvalue weighted by molar-refractivity contribution is -0.137. The Morgan fingerprint density at radius 1 is 0.903 bits per heavy atom. The maximum Gasteiger partial charge on any atom is 0.416 e. The molecule has 5 nitrogen and oxygen atoms in total. The zero-order valence-electron chi connectivity index (χ0n) is 16.1. The molecule has 2 N–H and O–H groups in total. The van der Waals surface area contributed by atoms with Gasteiger partial charge in [0, 0.05) is 23.3 Å². The fourth-order valence-electron chi connectivity index (χ4n) is 3.10. The molecule has 8 heteroatoms. The van der Waals surface area contributed by atoms with Crippen LogP contribution in [0.1, 0.15) is 16.7 Å². The zero-order valence-corrected chi connectivity index (χ0v) is 16.1. The monoisotopic (exact) mass is 419 g/mol. The Hall–Kier alpha value is -4.12. The minimum Gasteiger partial charge on any atom is -0.381 e. The third-order valence-corrected chi connectivity index (χ3v) is 4.66. The van der Waals surface area contributed by atoms with E-state index < -0.39 is 11.7 Å². The number of halogens is 3. The second-order valence-corrected chi connectivity index (χ2v) is 6.82. The average Bonchev–Trinajstić information content (AvgIpc) is 2.78. The Morgan fingerprint density at radius 3 is 2.42 bits per heavy atom. The SMILES string of the molecule is N#Cc1cccc(CNc2ccc3ncnc(Nc4ccc(C(F)(F)F)cc4)c3c2)c1. The summed E-state index contributed by atoms with van der Waals surface area (Å²) in [7, 11) is 0. The normalized spacial score (nSPS) is 11.2. The molecule has 0 radical (unpaired) electrons. The Morgan fingerprint density at radius 2 is 1.68 bits per heavy atom. The molecule has 0 aliphatic carbocycles. The lowest BCUT2D eigenvalue weighted by Crippen LogP contribution is -2.04. The van der Waals surface area contributed by atoms with Crippen molar-refractivity contribution in [1.29, 1.82) is 5.26 Å². The summed E-state index contributed by atoms with van der Waals surface area (Å²) in [5.41, 5.74) is 2.85. The van der Waals surface area contributed by atoms with Gasteiger partial charge in [0.25, 0.3) is 0 Å². The molecule has 4 rings (SSSR count). The van der Waals surface area contributed by atoms with E-state index in [0.717, 1.165) is 28.8 Å². The highest BCUT2D eigenvalue weighted by atomic mass is 19.4. The Balaban J connectivity index is 1.56. The molecular weight excluding hydrogens is 403 g/mol. The Kier molecular flexibility index (Phi) is 5.41. The molecule has 0 fully saturated rings. The van der Waals surface area contributed by atoms with Crippen molar-refractivity contribution in [1.82, 2.24) is 9.97 Å². The minimum atomic E-state index is -4.38. The number of hydrogen-bond acceptors (Lipinski definition) is 5. The summed E-state index contributed by atoms with van der Waals surface area (Å²) in [4.78, 5) is 8.50. The van der Waals surface area contributed by atoms with Gasteiger partial charge in [0.2, 0.25) is 0 Å². The van der Waals surface area contributed by atoms with Gasteiger partial charge in [-0.3, -0.25) is 0 Å². The highest BCUT2D eigenvalue weighted by Gasteiger charge is 2.29. The van der Waals surface area contributed by atoms with Crippen molar-refractivity contribution in [3.05, 3.63) is 89.7 Å². The first-order valence-electron chi connectivity index (χ1n) is 9.34. The van der Waals surface area contributed by atoms with Crippen LogP contribution in [0.2, 0.25) is 0 Å². The number of benzene rings is 3. The van der Waals surface area contributed by atoms with Crippen molar-refractivity contribution in [2.45, 2.75) is 12.7 Å². The van der Waals surface area contributed by atoms with Crippen molar-refractivity contribution in [2.75, 3.05) is 10.6 Å². The second kappa shape index (κ2) is 8.32. The van der Waals surface area contributed by atoms with E-state index >= 15 is 0 Å². The standard InChI is InChI=1S/C23H16F3N5/c24-23(25,26)17-4-6-18(7-5-17)31-22-20-11-19(8-9-21(20)29-14-30-22)28-13-16-3-1-2-15(10-16)12-27/h1-11,14,28H,13H2,(H,29,30,31). The first-order valence-corrected chi connectivity index (χ1v) is 9.34. The van der Waals surface area contributed by atoms with Crippen LogP contribution in [-0.2, 0) is 12.7 Å². The van der Waals surface area contributed by atoms with Crippen molar-refractivity contribution in [3.8, 4) is 6.07 Å². The number of nitrogens with one attached hydrogen (secondary N) is 2. The maximum absolute atomic E-state index is 12.8. The van der Waals surface area contributed by atoms with Crippen LogP contribution in [0.5, 0.6) is 0 Å². The number of rotatable bonds is 5. The molecule has 0 amide bonds. The lowest BCUT2D eigenvalue weighted by atomic mass is 10.1.